The van der Waals surface area contributed by atoms with E-state index in [-0.39, 0.29) is 16.7 Å². The van der Waals surface area contributed by atoms with Crippen molar-refractivity contribution in [2.45, 2.75) is 85.8 Å². The average molecular weight is 362 g/mol. The van der Waals surface area contributed by atoms with Crippen LogP contribution in [0.4, 0.5) is 0 Å². The van der Waals surface area contributed by atoms with Gasteiger partial charge in [-0.25, -0.2) is 0 Å². The zero-order valence-electron chi connectivity index (χ0n) is 17.6. The summed E-state index contributed by atoms with van der Waals surface area (Å²) in [5, 5.41) is 18.9. The molecule has 0 aliphatic rings. The van der Waals surface area contributed by atoms with E-state index in [1.807, 2.05) is 13.8 Å². The highest BCUT2D eigenvalue weighted by Crippen LogP contribution is 2.51. The van der Waals surface area contributed by atoms with Gasteiger partial charge in [0.05, 0.1) is 28.0 Å². The van der Waals surface area contributed by atoms with Crippen LogP contribution in [0, 0.1) is 28.6 Å². The van der Waals surface area contributed by atoms with Gasteiger partial charge in [0.15, 0.2) is 0 Å². The van der Waals surface area contributed by atoms with Gasteiger partial charge in [-0.1, -0.05) is 72.9 Å². The van der Waals surface area contributed by atoms with Crippen molar-refractivity contribution in [2.24, 2.45) is 28.6 Å². The highest BCUT2D eigenvalue weighted by Gasteiger charge is 2.42. The van der Waals surface area contributed by atoms with Crippen LogP contribution in [0.15, 0.2) is 0 Å². The maximum atomic E-state index is 11.8. The van der Waals surface area contributed by atoms with Crippen LogP contribution >= 0.6 is 0 Å². The van der Waals surface area contributed by atoms with Crippen LogP contribution in [-0.2, 0) is 9.59 Å². The smallest absolute Gasteiger partial charge is 0.307 e. The van der Waals surface area contributed by atoms with Crippen LogP contribution < -0.4 is 0 Å². The summed E-state index contributed by atoms with van der Waals surface area (Å²) in [6.07, 6.45) is 2.06. The van der Waals surface area contributed by atoms with Gasteiger partial charge in [-0.3, -0.25) is 9.59 Å². The predicted molar refractivity (Wildman–Crippen MR) is 108 cm³/mol. The molecule has 4 nitrogen and oxygen atoms in total. The zero-order valence-corrected chi connectivity index (χ0v) is 17.6. The first kappa shape index (κ1) is 25.1. The number of hydrogen-bond donors (Lipinski definition) is 2. The molecule has 0 saturated carbocycles. The summed E-state index contributed by atoms with van der Waals surface area (Å²) in [5.74, 6) is -4.81. The van der Waals surface area contributed by atoms with Gasteiger partial charge in [0.2, 0.25) is 0 Å². The van der Waals surface area contributed by atoms with Gasteiger partial charge in [0, 0.05) is 0 Å². The largest absolute Gasteiger partial charge is 0.481 e. The normalized spacial score (nSPS) is 18.6. The molecule has 26 heavy (non-hydrogen) atoms. The van der Waals surface area contributed by atoms with Crippen LogP contribution in [0.25, 0.3) is 0 Å². The minimum Gasteiger partial charge on any atom is -0.481 e. The Balaban J connectivity index is 5.79. The van der Waals surface area contributed by atoms with Gasteiger partial charge in [0.25, 0.3) is 0 Å². The highest BCUT2D eigenvalue weighted by molar-refractivity contribution is 6.22. The molecular formula is C20H36B2O4. The summed E-state index contributed by atoms with van der Waals surface area (Å²) < 4.78 is 0. The van der Waals surface area contributed by atoms with Gasteiger partial charge in [-0.15, -0.1) is 0 Å². The summed E-state index contributed by atoms with van der Waals surface area (Å²) in [6, 6.07) is 0. The minimum atomic E-state index is -1.12. The fourth-order valence-corrected chi connectivity index (χ4v) is 4.51. The molecule has 146 valence electrons. The van der Waals surface area contributed by atoms with Gasteiger partial charge < -0.3 is 10.2 Å². The molecule has 0 aromatic heterocycles. The third kappa shape index (κ3) is 7.75. The summed E-state index contributed by atoms with van der Waals surface area (Å²) >= 11 is 0. The van der Waals surface area contributed by atoms with Crippen LogP contribution in [0.2, 0.25) is 11.6 Å². The summed E-state index contributed by atoms with van der Waals surface area (Å²) in [6.45, 7) is 14.5. The van der Waals surface area contributed by atoms with Crippen molar-refractivity contribution in [3.05, 3.63) is 0 Å². The van der Waals surface area contributed by atoms with Crippen LogP contribution in [0.3, 0.4) is 0 Å². The van der Waals surface area contributed by atoms with Crippen molar-refractivity contribution >= 4 is 27.6 Å². The Morgan fingerprint density at radius 1 is 1.04 bits per heavy atom. The zero-order chi connectivity index (χ0) is 20.9. The number of hydrogen-bond acceptors (Lipinski definition) is 2. The SMILES string of the molecule is [B]C(C(C(C)CCC)C(CC(=O)O)C(=O)O)C([B])C(C)(C)CC(C)(C)C. The second-order valence-corrected chi connectivity index (χ2v) is 9.72. The standard InChI is InChI=1S/C20H36B2O4/c1-8-9-12(2)15(13(18(25)26)10-14(23)24)16(21)17(22)20(6,7)11-19(3,4)5/h12-13,15-17H,8-11H2,1-7H3,(H,23,24)(H,25,26). The monoisotopic (exact) mass is 362 g/mol. The molecule has 5 atom stereocenters. The second-order valence-electron chi connectivity index (χ2n) is 9.72. The molecule has 0 aromatic carbocycles. The number of aliphatic carboxylic acids is 2. The molecule has 0 heterocycles. The van der Waals surface area contributed by atoms with E-state index in [0.29, 0.717) is 0 Å². The van der Waals surface area contributed by atoms with E-state index < -0.39 is 41.8 Å². The molecule has 0 fully saturated rings. The number of carboxylic acids is 2. The molecule has 0 bridgehead atoms. The second kappa shape index (κ2) is 9.85. The van der Waals surface area contributed by atoms with Gasteiger partial charge in [-0.2, -0.15) is 0 Å². The van der Waals surface area contributed by atoms with Crippen LogP contribution in [0.5, 0.6) is 0 Å². The summed E-state index contributed by atoms with van der Waals surface area (Å²) in [4.78, 5) is 23.1. The Labute approximate surface area is 162 Å². The van der Waals surface area contributed by atoms with Crippen molar-refractivity contribution in [1.82, 2.24) is 0 Å². The molecule has 0 aliphatic heterocycles. The molecule has 0 saturated heterocycles. The molecule has 2 N–H and O–H groups in total. The maximum Gasteiger partial charge on any atom is 0.307 e. The van der Waals surface area contributed by atoms with E-state index in [0.717, 1.165) is 19.3 Å². The third-order valence-electron chi connectivity index (χ3n) is 5.32. The van der Waals surface area contributed by atoms with Crippen molar-refractivity contribution in [2.75, 3.05) is 0 Å². The molecule has 5 unspecified atom stereocenters. The first-order valence-corrected chi connectivity index (χ1v) is 9.59. The Bertz CT molecular complexity index is 471. The lowest BCUT2D eigenvalue weighted by Crippen LogP contribution is -2.38. The van der Waals surface area contributed by atoms with Gasteiger partial charge in [-0.05, 0) is 29.1 Å². The summed E-state index contributed by atoms with van der Waals surface area (Å²) in [5.41, 5.74) is -0.243. The molecule has 0 rings (SSSR count). The quantitative estimate of drug-likeness (QED) is 0.527. The topological polar surface area (TPSA) is 74.6 Å². The first-order valence-electron chi connectivity index (χ1n) is 9.59. The lowest BCUT2D eigenvalue weighted by atomic mass is 9.47. The fraction of sp³-hybridized carbons (Fsp3) is 0.900. The Morgan fingerprint density at radius 3 is 1.88 bits per heavy atom. The highest BCUT2D eigenvalue weighted by atomic mass is 16.4. The van der Waals surface area contributed by atoms with Crippen LogP contribution in [-0.4, -0.2) is 37.8 Å². The number of carbonyl (C=O) groups is 2. The third-order valence-corrected chi connectivity index (χ3v) is 5.32. The van der Waals surface area contributed by atoms with E-state index >= 15 is 0 Å². The lowest BCUT2D eigenvalue weighted by Gasteiger charge is -2.46. The van der Waals surface area contributed by atoms with Gasteiger partial charge in [0.1, 0.15) is 0 Å². The molecule has 0 aliphatic carbocycles. The average Bonchev–Trinajstić information content (AvgIpc) is 2.42. The van der Waals surface area contributed by atoms with E-state index in [1.165, 1.54) is 0 Å². The van der Waals surface area contributed by atoms with Crippen molar-refractivity contribution < 1.29 is 19.8 Å². The van der Waals surface area contributed by atoms with Gasteiger partial charge >= 0.3 is 11.9 Å². The fourth-order valence-electron chi connectivity index (χ4n) is 4.51. The number of rotatable bonds is 11. The Kier molecular flexibility index (Phi) is 9.49. The van der Waals surface area contributed by atoms with Crippen molar-refractivity contribution in [1.29, 1.82) is 0 Å². The van der Waals surface area contributed by atoms with Crippen LogP contribution in [0.1, 0.15) is 74.1 Å². The van der Waals surface area contributed by atoms with E-state index in [1.54, 1.807) is 0 Å². The molecule has 0 amide bonds. The Morgan fingerprint density at radius 2 is 1.54 bits per heavy atom. The number of carboxylic acid groups (broad SMARTS) is 2. The minimum absolute atomic E-state index is 0.0214. The molecule has 4 radical (unpaired) electrons. The maximum absolute atomic E-state index is 11.8. The van der Waals surface area contributed by atoms with Crippen molar-refractivity contribution in [3.63, 3.8) is 0 Å². The van der Waals surface area contributed by atoms with E-state index in [9.17, 15) is 19.8 Å². The van der Waals surface area contributed by atoms with E-state index in [4.69, 9.17) is 15.7 Å². The van der Waals surface area contributed by atoms with Crippen molar-refractivity contribution in [3.8, 4) is 0 Å². The first-order chi connectivity index (χ1) is 11.6. The molecule has 6 heteroatoms. The Hall–Kier alpha value is -0.930. The molecule has 0 spiro atoms. The predicted octanol–water partition coefficient (Wildman–Crippen LogP) is 4.59. The summed E-state index contributed by atoms with van der Waals surface area (Å²) in [7, 11) is 13.1. The van der Waals surface area contributed by atoms with E-state index in [2.05, 4.69) is 34.6 Å². The lowest BCUT2D eigenvalue weighted by molar-refractivity contribution is -0.151. The molecule has 0 aromatic rings. The molecular weight excluding hydrogens is 326 g/mol.